The molecule has 3 aromatic rings. The zero-order valence-electron chi connectivity index (χ0n) is 14.0. The van der Waals surface area contributed by atoms with E-state index in [1.54, 1.807) is 12.1 Å². The Morgan fingerprint density at radius 3 is 2.85 bits per heavy atom. The number of nitrogens with one attached hydrogen (secondary N) is 1. The topological polar surface area (TPSA) is 72.7 Å². The summed E-state index contributed by atoms with van der Waals surface area (Å²) in [6.45, 7) is 0. The quantitative estimate of drug-likeness (QED) is 0.651. The molecule has 0 spiro atoms. The number of carbonyl (C=O) groups is 1. The lowest BCUT2D eigenvalue weighted by Crippen LogP contribution is -2.14. The molecule has 134 valence electrons. The first-order valence-corrected chi connectivity index (χ1v) is 10.00. The van der Waals surface area contributed by atoms with Crippen molar-refractivity contribution in [3.63, 3.8) is 0 Å². The van der Waals surface area contributed by atoms with Crippen LogP contribution < -0.4 is 5.32 Å². The molecule has 6 nitrogen and oxygen atoms in total. The molecule has 0 radical (unpaired) electrons. The van der Waals surface area contributed by atoms with Crippen molar-refractivity contribution in [3.05, 3.63) is 41.3 Å². The number of amides is 1. The Balaban J connectivity index is 1.34. The molecule has 1 fully saturated rings. The first kappa shape index (κ1) is 17.2. The average Bonchev–Trinajstić information content (AvgIpc) is 3.25. The molecule has 0 bridgehead atoms. The van der Waals surface area contributed by atoms with Gasteiger partial charge in [0.05, 0.1) is 11.4 Å². The number of anilines is 1. The summed E-state index contributed by atoms with van der Waals surface area (Å²) in [5.74, 6) is 1.32. The first-order valence-electron chi connectivity index (χ1n) is 8.13. The van der Waals surface area contributed by atoms with Crippen LogP contribution in [-0.4, -0.2) is 31.4 Å². The number of thiazole rings is 1. The van der Waals surface area contributed by atoms with Gasteiger partial charge in [-0.1, -0.05) is 11.8 Å². The van der Waals surface area contributed by atoms with Crippen LogP contribution in [0.2, 0.25) is 0 Å². The fourth-order valence-corrected chi connectivity index (χ4v) is 3.97. The van der Waals surface area contributed by atoms with Crippen LogP contribution in [0.1, 0.15) is 24.6 Å². The molecule has 1 aromatic carbocycles. The van der Waals surface area contributed by atoms with E-state index < -0.39 is 0 Å². The summed E-state index contributed by atoms with van der Waals surface area (Å²) in [5.41, 5.74) is 1.52. The fourth-order valence-electron chi connectivity index (χ4n) is 2.52. The normalized spacial score (nSPS) is 13.8. The van der Waals surface area contributed by atoms with E-state index in [-0.39, 0.29) is 17.5 Å². The number of benzene rings is 1. The molecule has 26 heavy (non-hydrogen) atoms. The molecule has 0 saturated heterocycles. The average molecular weight is 389 g/mol. The molecular weight excluding hydrogens is 373 g/mol. The van der Waals surface area contributed by atoms with Crippen molar-refractivity contribution >= 4 is 34.1 Å². The van der Waals surface area contributed by atoms with Gasteiger partial charge in [0.15, 0.2) is 10.3 Å². The number of nitrogens with zero attached hydrogens (tertiary/aromatic N) is 4. The Labute approximate surface area is 157 Å². The summed E-state index contributed by atoms with van der Waals surface area (Å²) in [7, 11) is 1.93. The zero-order chi connectivity index (χ0) is 18.1. The molecule has 1 N–H and O–H groups in total. The number of aromatic nitrogens is 4. The molecule has 0 aliphatic heterocycles. The van der Waals surface area contributed by atoms with E-state index in [9.17, 15) is 9.18 Å². The summed E-state index contributed by atoms with van der Waals surface area (Å²) in [4.78, 5) is 16.5. The summed E-state index contributed by atoms with van der Waals surface area (Å²) < 4.78 is 15.0. The number of rotatable bonds is 6. The third kappa shape index (κ3) is 3.78. The van der Waals surface area contributed by atoms with Gasteiger partial charge in [0.25, 0.3) is 0 Å². The van der Waals surface area contributed by atoms with Gasteiger partial charge in [0.1, 0.15) is 11.6 Å². The minimum Gasteiger partial charge on any atom is -0.309 e. The smallest absolute Gasteiger partial charge is 0.236 e. The molecule has 0 unspecified atom stereocenters. The van der Waals surface area contributed by atoms with E-state index in [1.165, 1.54) is 35.2 Å². The largest absolute Gasteiger partial charge is 0.309 e. The lowest BCUT2D eigenvalue weighted by molar-refractivity contribution is -0.113. The van der Waals surface area contributed by atoms with Gasteiger partial charge in [-0.25, -0.2) is 9.37 Å². The number of hydrogen-bond acceptors (Lipinski definition) is 6. The first-order chi connectivity index (χ1) is 12.6. The third-order valence-corrected chi connectivity index (χ3v) is 5.81. The highest BCUT2D eigenvalue weighted by atomic mass is 32.2. The zero-order valence-corrected chi connectivity index (χ0v) is 15.6. The van der Waals surface area contributed by atoms with E-state index in [0.717, 1.165) is 29.4 Å². The van der Waals surface area contributed by atoms with Crippen LogP contribution in [0.4, 0.5) is 9.52 Å². The van der Waals surface area contributed by atoms with Crippen LogP contribution in [0.25, 0.3) is 11.3 Å². The van der Waals surface area contributed by atoms with E-state index in [0.29, 0.717) is 16.7 Å². The van der Waals surface area contributed by atoms with Gasteiger partial charge >= 0.3 is 0 Å². The number of hydrogen-bond donors (Lipinski definition) is 1. The molecule has 9 heteroatoms. The van der Waals surface area contributed by atoms with Gasteiger partial charge in [0.2, 0.25) is 5.91 Å². The van der Waals surface area contributed by atoms with Gasteiger partial charge in [-0.2, -0.15) is 0 Å². The lowest BCUT2D eigenvalue weighted by atomic mass is 10.2. The second-order valence-electron chi connectivity index (χ2n) is 6.06. The van der Waals surface area contributed by atoms with Crippen LogP contribution in [0.15, 0.2) is 34.8 Å². The third-order valence-electron chi connectivity index (χ3n) is 4.03. The highest BCUT2D eigenvalue weighted by Crippen LogP contribution is 2.39. The summed E-state index contributed by atoms with van der Waals surface area (Å²) in [5, 5.41) is 14.3. The van der Waals surface area contributed by atoms with Crippen LogP contribution >= 0.6 is 23.1 Å². The Morgan fingerprint density at radius 2 is 2.12 bits per heavy atom. The monoisotopic (exact) mass is 389 g/mol. The van der Waals surface area contributed by atoms with Crippen molar-refractivity contribution in [2.45, 2.75) is 23.9 Å². The van der Waals surface area contributed by atoms with Crippen molar-refractivity contribution in [3.8, 4) is 11.3 Å². The van der Waals surface area contributed by atoms with Crippen LogP contribution in [0, 0.1) is 5.82 Å². The standard InChI is InChI=1S/C17H16FN5OS2/c1-23-15(11-2-3-11)21-22-17(23)26-9-14(24)20-16-19-13(8-25-16)10-4-6-12(18)7-5-10/h4-8,11H,2-3,9H2,1H3,(H,19,20,24). The molecule has 2 aromatic heterocycles. The van der Waals surface area contributed by atoms with Crippen molar-refractivity contribution in [2.24, 2.45) is 7.05 Å². The molecule has 2 heterocycles. The molecule has 1 amide bonds. The highest BCUT2D eigenvalue weighted by Gasteiger charge is 2.29. The predicted octanol–water partition coefficient (Wildman–Crippen LogP) is 3.69. The van der Waals surface area contributed by atoms with Gasteiger partial charge in [0, 0.05) is 23.9 Å². The van der Waals surface area contributed by atoms with E-state index >= 15 is 0 Å². The summed E-state index contributed by atoms with van der Waals surface area (Å²) >= 11 is 2.70. The van der Waals surface area contributed by atoms with Crippen molar-refractivity contribution < 1.29 is 9.18 Å². The second kappa shape index (κ2) is 7.16. The second-order valence-corrected chi connectivity index (χ2v) is 7.86. The van der Waals surface area contributed by atoms with Crippen molar-refractivity contribution in [1.82, 2.24) is 19.7 Å². The van der Waals surface area contributed by atoms with E-state index in [2.05, 4.69) is 20.5 Å². The predicted molar refractivity (Wildman–Crippen MR) is 99.8 cm³/mol. The molecular formula is C17H16FN5OS2. The Kier molecular flexibility index (Phi) is 4.73. The van der Waals surface area contributed by atoms with Crippen molar-refractivity contribution in [2.75, 3.05) is 11.1 Å². The van der Waals surface area contributed by atoms with Crippen LogP contribution in [0.3, 0.4) is 0 Å². The maximum absolute atomic E-state index is 13.0. The fraction of sp³-hybridized carbons (Fsp3) is 0.294. The van der Waals surface area contributed by atoms with Crippen molar-refractivity contribution in [1.29, 1.82) is 0 Å². The number of thioether (sulfide) groups is 1. The Hall–Kier alpha value is -2.26. The number of halogens is 1. The molecule has 1 saturated carbocycles. The van der Waals surface area contributed by atoms with Gasteiger partial charge < -0.3 is 9.88 Å². The SMILES string of the molecule is Cn1c(SCC(=O)Nc2nc(-c3ccc(F)cc3)cs2)nnc1C1CC1. The minimum absolute atomic E-state index is 0.147. The van der Waals surface area contributed by atoms with Crippen LogP contribution in [0.5, 0.6) is 0 Å². The molecule has 0 atom stereocenters. The van der Waals surface area contributed by atoms with Gasteiger partial charge in [-0.3, -0.25) is 4.79 Å². The summed E-state index contributed by atoms with van der Waals surface area (Å²) in [6, 6.07) is 6.11. The van der Waals surface area contributed by atoms with Gasteiger partial charge in [-0.15, -0.1) is 21.5 Å². The van der Waals surface area contributed by atoms with Gasteiger partial charge in [-0.05, 0) is 37.1 Å². The maximum Gasteiger partial charge on any atom is 0.236 e. The van der Waals surface area contributed by atoms with E-state index in [4.69, 9.17) is 0 Å². The Morgan fingerprint density at radius 1 is 1.35 bits per heavy atom. The van der Waals surface area contributed by atoms with Crippen LogP contribution in [-0.2, 0) is 11.8 Å². The maximum atomic E-state index is 13.0. The molecule has 1 aliphatic rings. The molecule has 1 aliphatic carbocycles. The summed E-state index contributed by atoms with van der Waals surface area (Å²) in [6.07, 6.45) is 2.33. The Bertz CT molecular complexity index is 933. The highest BCUT2D eigenvalue weighted by molar-refractivity contribution is 7.99. The molecule has 4 rings (SSSR count). The minimum atomic E-state index is -0.289. The lowest BCUT2D eigenvalue weighted by Gasteiger charge is -2.03. The van der Waals surface area contributed by atoms with E-state index in [1.807, 2.05) is 17.0 Å². The number of carbonyl (C=O) groups excluding carboxylic acids is 1.